The van der Waals surface area contributed by atoms with Gasteiger partial charge in [-0.25, -0.2) is 0 Å². The van der Waals surface area contributed by atoms with Gasteiger partial charge in [-0.3, -0.25) is 0 Å². The summed E-state index contributed by atoms with van der Waals surface area (Å²) in [5.41, 5.74) is 0. The van der Waals surface area contributed by atoms with Gasteiger partial charge in [0.1, 0.15) is 0 Å². The first-order chi connectivity index (χ1) is 4.84. The lowest BCUT2D eigenvalue weighted by Gasteiger charge is -2.02. The summed E-state index contributed by atoms with van der Waals surface area (Å²) in [5.74, 6) is 0. The van der Waals surface area contributed by atoms with Crippen molar-refractivity contribution < 1.29 is 5.11 Å². The molecule has 1 rings (SSSR count). The smallest absolute Gasteiger partial charge is 0.0700 e. The van der Waals surface area contributed by atoms with Crippen LogP contribution in [0.15, 0.2) is 17.5 Å². The van der Waals surface area contributed by atoms with Crippen LogP contribution in [0.25, 0.3) is 0 Å². The molecule has 0 aromatic carbocycles. The molecule has 0 unspecified atom stereocenters. The van der Waals surface area contributed by atoms with Crippen molar-refractivity contribution in [2.75, 3.05) is 6.61 Å². The van der Waals surface area contributed by atoms with E-state index < -0.39 is 0 Å². The van der Waals surface area contributed by atoms with E-state index in [1.54, 1.807) is 11.3 Å². The van der Waals surface area contributed by atoms with Gasteiger partial charge in [0.2, 0.25) is 0 Å². The maximum absolute atomic E-state index is 8.56. The van der Waals surface area contributed by atoms with Crippen LogP contribution < -0.4 is 0 Å². The number of halogens is 1. The van der Waals surface area contributed by atoms with E-state index in [-0.39, 0.29) is 12.0 Å². The third-order valence-electron chi connectivity index (χ3n) is 1.23. The highest BCUT2D eigenvalue weighted by atomic mass is 35.5. The summed E-state index contributed by atoms with van der Waals surface area (Å²) in [7, 11) is 0. The standard InChI is InChI=1S/C7H9ClOS/c8-6(3-4-9)7-2-1-5-10-7/h1-2,5-6,9H,3-4H2/t6-/m0/s1. The van der Waals surface area contributed by atoms with Gasteiger partial charge in [0.05, 0.1) is 5.38 Å². The van der Waals surface area contributed by atoms with Gasteiger partial charge >= 0.3 is 0 Å². The summed E-state index contributed by atoms with van der Waals surface area (Å²) in [5, 5.41) is 10.5. The summed E-state index contributed by atoms with van der Waals surface area (Å²) in [6.07, 6.45) is 0.641. The van der Waals surface area contributed by atoms with Crippen LogP contribution >= 0.6 is 22.9 Å². The van der Waals surface area contributed by atoms with E-state index in [0.717, 1.165) is 4.88 Å². The molecule has 0 saturated heterocycles. The molecule has 3 heteroatoms. The molecule has 0 bridgehead atoms. The molecule has 1 atom stereocenters. The summed E-state index contributed by atoms with van der Waals surface area (Å²) < 4.78 is 0. The molecular weight excluding hydrogens is 168 g/mol. The van der Waals surface area contributed by atoms with E-state index in [0.29, 0.717) is 6.42 Å². The number of aliphatic hydroxyl groups excluding tert-OH is 1. The van der Waals surface area contributed by atoms with Crippen LogP contribution in [0.1, 0.15) is 16.7 Å². The van der Waals surface area contributed by atoms with Gasteiger partial charge in [-0.05, 0) is 17.9 Å². The van der Waals surface area contributed by atoms with E-state index in [9.17, 15) is 0 Å². The van der Waals surface area contributed by atoms with Crippen molar-refractivity contribution in [1.82, 2.24) is 0 Å². The summed E-state index contributed by atoms with van der Waals surface area (Å²) in [6.45, 7) is 0.159. The van der Waals surface area contributed by atoms with E-state index >= 15 is 0 Å². The molecule has 0 spiro atoms. The monoisotopic (exact) mass is 176 g/mol. The fourth-order valence-electron chi connectivity index (χ4n) is 0.725. The minimum Gasteiger partial charge on any atom is -0.396 e. The third kappa shape index (κ3) is 1.97. The number of alkyl halides is 1. The number of hydrogen-bond acceptors (Lipinski definition) is 2. The average molecular weight is 177 g/mol. The Morgan fingerprint density at radius 2 is 2.50 bits per heavy atom. The second-order valence-corrected chi connectivity index (χ2v) is 3.50. The molecular formula is C7H9ClOS. The van der Waals surface area contributed by atoms with Crippen molar-refractivity contribution in [2.45, 2.75) is 11.8 Å². The number of rotatable bonds is 3. The number of thiophene rings is 1. The Morgan fingerprint density at radius 1 is 1.70 bits per heavy atom. The van der Waals surface area contributed by atoms with Crippen LogP contribution in [-0.4, -0.2) is 11.7 Å². The van der Waals surface area contributed by atoms with Crippen LogP contribution in [0.4, 0.5) is 0 Å². The van der Waals surface area contributed by atoms with Crippen molar-refractivity contribution in [3.8, 4) is 0 Å². The average Bonchev–Trinajstić information content (AvgIpc) is 2.38. The quantitative estimate of drug-likeness (QED) is 0.702. The highest BCUT2D eigenvalue weighted by Gasteiger charge is 2.06. The zero-order chi connectivity index (χ0) is 7.40. The molecule has 0 amide bonds. The lowest BCUT2D eigenvalue weighted by atomic mass is 10.3. The van der Waals surface area contributed by atoms with Crippen molar-refractivity contribution in [3.05, 3.63) is 22.4 Å². The minimum atomic E-state index is -0.00926. The number of hydrogen-bond donors (Lipinski definition) is 1. The number of aliphatic hydroxyl groups is 1. The summed E-state index contributed by atoms with van der Waals surface area (Å²) in [4.78, 5) is 1.13. The molecule has 0 fully saturated rings. The fourth-order valence-corrected chi connectivity index (χ4v) is 1.79. The maximum Gasteiger partial charge on any atom is 0.0700 e. The summed E-state index contributed by atoms with van der Waals surface area (Å²) >= 11 is 7.53. The van der Waals surface area contributed by atoms with Crippen molar-refractivity contribution in [2.24, 2.45) is 0 Å². The highest BCUT2D eigenvalue weighted by molar-refractivity contribution is 7.10. The van der Waals surface area contributed by atoms with Gasteiger partial charge in [0, 0.05) is 11.5 Å². The minimum absolute atomic E-state index is 0.00926. The van der Waals surface area contributed by atoms with Gasteiger partial charge in [-0.1, -0.05) is 6.07 Å². The van der Waals surface area contributed by atoms with Crippen LogP contribution in [-0.2, 0) is 0 Å². The van der Waals surface area contributed by atoms with E-state index in [4.69, 9.17) is 16.7 Å². The van der Waals surface area contributed by atoms with Gasteiger partial charge in [-0.2, -0.15) is 0 Å². The maximum atomic E-state index is 8.56. The van der Waals surface area contributed by atoms with Gasteiger partial charge < -0.3 is 5.11 Å². The first-order valence-electron chi connectivity index (χ1n) is 3.13. The van der Waals surface area contributed by atoms with Crippen LogP contribution in [0.5, 0.6) is 0 Å². The van der Waals surface area contributed by atoms with Crippen molar-refractivity contribution in [3.63, 3.8) is 0 Å². The first-order valence-corrected chi connectivity index (χ1v) is 4.44. The lowest BCUT2D eigenvalue weighted by Crippen LogP contribution is -1.90. The van der Waals surface area contributed by atoms with E-state index in [1.807, 2.05) is 17.5 Å². The van der Waals surface area contributed by atoms with E-state index in [1.165, 1.54) is 0 Å². The summed E-state index contributed by atoms with van der Waals surface area (Å²) in [6, 6.07) is 3.95. The topological polar surface area (TPSA) is 20.2 Å². The predicted molar refractivity (Wildman–Crippen MR) is 44.6 cm³/mol. The van der Waals surface area contributed by atoms with Crippen LogP contribution in [0.2, 0.25) is 0 Å². The molecule has 1 aromatic heterocycles. The van der Waals surface area contributed by atoms with Gasteiger partial charge in [0.15, 0.2) is 0 Å². The van der Waals surface area contributed by atoms with Crippen LogP contribution in [0.3, 0.4) is 0 Å². The fraction of sp³-hybridized carbons (Fsp3) is 0.429. The lowest BCUT2D eigenvalue weighted by molar-refractivity contribution is 0.287. The SMILES string of the molecule is OCC[C@H](Cl)c1cccs1. The molecule has 0 aliphatic carbocycles. The Balaban J connectivity index is 2.50. The molecule has 0 radical (unpaired) electrons. The predicted octanol–water partition coefficient (Wildman–Crippen LogP) is 2.41. The highest BCUT2D eigenvalue weighted by Crippen LogP contribution is 2.27. The molecule has 0 aliphatic heterocycles. The molecule has 1 N–H and O–H groups in total. The largest absolute Gasteiger partial charge is 0.396 e. The van der Waals surface area contributed by atoms with Gasteiger partial charge in [0.25, 0.3) is 0 Å². The Hall–Kier alpha value is -0.0500. The Morgan fingerprint density at radius 3 is 3.00 bits per heavy atom. The Labute approximate surface area is 69.3 Å². The molecule has 10 heavy (non-hydrogen) atoms. The third-order valence-corrected chi connectivity index (χ3v) is 2.80. The molecule has 1 nitrogen and oxygen atoms in total. The molecule has 0 saturated carbocycles. The zero-order valence-electron chi connectivity index (χ0n) is 5.46. The molecule has 1 heterocycles. The van der Waals surface area contributed by atoms with Crippen molar-refractivity contribution in [1.29, 1.82) is 0 Å². The van der Waals surface area contributed by atoms with Gasteiger partial charge in [-0.15, -0.1) is 22.9 Å². The normalized spacial score (nSPS) is 13.4. The molecule has 56 valence electrons. The zero-order valence-corrected chi connectivity index (χ0v) is 7.03. The second kappa shape index (κ2) is 3.96. The van der Waals surface area contributed by atoms with E-state index in [2.05, 4.69) is 0 Å². The first kappa shape index (κ1) is 8.05. The Bertz CT molecular complexity index is 174. The van der Waals surface area contributed by atoms with Crippen molar-refractivity contribution >= 4 is 22.9 Å². The second-order valence-electron chi connectivity index (χ2n) is 2.00. The Kier molecular flexibility index (Phi) is 3.19. The molecule has 1 aromatic rings. The van der Waals surface area contributed by atoms with Crippen LogP contribution in [0, 0.1) is 0 Å². The molecule has 0 aliphatic rings.